The normalized spacial score (nSPS) is 19.4. The predicted molar refractivity (Wildman–Crippen MR) is 241 cm³/mol. The smallest absolute Gasteiger partial charge is 0.249 e. The van der Waals surface area contributed by atoms with Gasteiger partial charge in [-0.05, 0) is 127 Å². The third-order valence-corrected chi connectivity index (χ3v) is 13.2. The van der Waals surface area contributed by atoms with Crippen molar-refractivity contribution in [3.63, 3.8) is 0 Å². The van der Waals surface area contributed by atoms with Gasteiger partial charge in [0.05, 0.1) is 23.1 Å². The second-order valence-corrected chi connectivity index (χ2v) is 19.0. The molecular formula is C47H60N12O5. The third kappa shape index (κ3) is 9.79. The Kier molecular flexibility index (Phi) is 12.7. The molecule has 4 fully saturated rings. The van der Waals surface area contributed by atoms with Crippen LogP contribution in [0, 0.1) is 5.92 Å². The van der Waals surface area contributed by atoms with Crippen molar-refractivity contribution in [2.75, 3.05) is 57.0 Å². The van der Waals surface area contributed by atoms with Crippen LogP contribution in [0.25, 0.3) is 33.8 Å². The number of imide groups is 1. The molecule has 1 saturated carbocycles. The van der Waals surface area contributed by atoms with E-state index >= 15 is 0 Å². The Labute approximate surface area is 373 Å². The van der Waals surface area contributed by atoms with Crippen LogP contribution in [0.2, 0.25) is 0 Å². The number of fused-ring (bicyclic) bond motifs is 1. The number of ether oxygens (including phenoxy) is 1. The molecule has 17 nitrogen and oxygen atoms in total. The van der Waals surface area contributed by atoms with Crippen LogP contribution in [-0.2, 0) is 31.1 Å². The highest BCUT2D eigenvalue weighted by Crippen LogP contribution is 2.48. The Hall–Kier alpha value is -5.81. The fourth-order valence-electron chi connectivity index (χ4n) is 9.36. The molecule has 0 bridgehead atoms. The summed E-state index contributed by atoms with van der Waals surface area (Å²) in [6, 6.07) is 8.07. The number of aromatic nitrogens is 7. The number of anilines is 2. The van der Waals surface area contributed by atoms with Gasteiger partial charge in [-0.3, -0.25) is 19.7 Å². The summed E-state index contributed by atoms with van der Waals surface area (Å²) in [7, 11) is 0. The van der Waals surface area contributed by atoms with Gasteiger partial charge in [0, 0.05) is 63.1 Å². The molecule has 64 heavy (non-hydrogen) atoms. The largest absolute Gasteiger partial charge is 0.383 e. The van der Waals surface area contributed by atoms with Gasteiger partial charge in [-0.15, -0.1) is 0 Å². The Morgan fingerprint density at radius 1 is 0.906 bits per heavy atom. The molecule has 4 aromatic heterocycles. The molecule has 17 heteroatoms. The summed E-state index contributed by atoms with van der Waals surface area (Å²) in [4.78, 5) is 59.6. The lowest BCUT2D eigenvalue weighted by Crippen LogP contribution is -2.47. The molecule has 5 aromatic rings. The van der Waals surface area contributed by atoms with Crippen molar-refractivity contribution in [3.8, 4) is 22.8 Å². The van der Waals surface area contributed by atoms with Gasteiger partial charge in [0.2, 0.25) is 17.7 Å². The lowest BCUT2D eigenvalue weighted by molar-refractivity contribution is -0.134. The molecule has 4 N–H and O–H groups in total. The number of carbonyl (C=O) groups is 3. The van der Waals surface area contributed by atoms with Crippen LogP contribution in [-0.4, -0.2) is 114 Å². The molecule has 7 heterocycles. The zero-order valence-corrected chi connectivity index (χ0v) is 37.2. The van der Waals surface area contributed by atoms with Gasteiger partial charge >= 0.3 is 0 Å². The number of nitrogens with two attached hydrogens (primary N) is 1. The Bertz CT molecular complexity index is 2440. The summed E-state index contributed by atoms with van der Waals surface area (Å²) in [5.41, 5.74) is 11.7. The first-order chi connectivity index (χ1) is 31.0. The molecule has 0 spiro atoms. The number of amides is 3. The molecule has 4 aliphatic rings. The van der Waals surface area contributed by atoms with Gasteiger partial charge in [-0.2, -0.15) is 5.10 Å². The van der Waals surface area contributed by atoms with Crippen LogP contribution in [0.5, 0.6) is 0 Å². The van der Waals surface area contributed by atoms with E-state index in [1.807, 2.05) is 34.1 Å². The second kappa shape index (κ2) is 18.7. The number of rotatable bonds is 15. The van der Waals surface area contributed by atoms with Crippen LogP contribution >= 0.6 is 0 Å². The summed E-state index contributed by atoms with van der Waals surface area (Å²) in [6.45, 7) is 12.1. The molecule has 3 amide bonds. The monoisotopic (exact) mass is 872 g/mol. The van der Waals surface area contributed by atoms with Crippen molar-refractivity contribution in [2.45, 2.75) is 115 Å². The summed E-state index contributed by atoms with van der Waals surface area (Å²) >= 11 is 0. The van der Waals surface area contributed by atoms with Crippen molar-refractivity contribution in [2.24, 2.45) is 5.92 Å². The van der Waals surface area contributed by atoms with E-state index in [9.17, 15) is 14.4 Å². The number of nitrogens with one attached hydrogen (secondary N) is 2. The van der Waals surface area contributed by atoms with Crippen molar-refractivity contribution >= 4 is 40.3 Å². The Balaban J connectivity index is 0.680. The Morgan fingerprint density at radius 2 is 1.66 bits per heavy atom. The molecule has 0 radical (unpaired) electrons. The first-order valence-electron chi connectivity index (χ1n) is 23.1. The van der Waals surface area contributed by atoms with E-state index in [2.05, 4.69) is 63.6 Å². The number of benzene rings is 1. The van der Waals surface area contributed by atoms with Crippen LogP contribution in [0.15, 0.2) is 47.5 Å². The summed E-state index contributed by atoms with van der Waals surface area (Å²) in [5.74, 6) is 2.77. The van der Waals surface area contributed by atoms with Crippen LogP contribution in [0.3, 0.4) is 0 Å². The lowest BCUT2D eigenvalue weighted by Gasteiger charge is -2.38. The summed E-state index contributed by atoms with van der Waals surface area (Å²) in [5, 5.41) is 15.7. The average molecular weight is 873 g/mol. The Morgan fingerprint density at radius 3 is 2.36 bits per heavy atom. The number of nitrogen functional groups attached to an aromatic ring is 1. The molecule has 1 unspecified atom stereocenters. The van der Waals surface area contributed by atoms with Crippen molar-refractivity contribution < 1.29 is 23.6 Å². The van der Waals surface area contributed by atoms with Gasteiger partial charge < -0.3 is 30.1 Å². The van der Waals surface area contributed by atoms with Crippen molar-refractivity contribution in [1.29, 1.82) is 0 Å². The quantitative estimate of drug-likeness (QED) is 0.0835. The molecule has 3 aliphatic heterocycles. The van der Waals surface area contributed by atoms with Crippen molar-refractivity contribution in [3.05, 3.63) is 59.9 Å². The minimum absolute atomic E-state index is 0.203. The SMILES string of the molecule is CC(C)(C)n1nc(-c2noc(C3CC3)c2-c2ncc(CCOCCCC(=O)N3CCC(CN4CCC(c5ccc(NC6CCC(=O)NC6=O)cc5)CC4)CC3)cn2)c2c(N)ncnc21. The molecule has 1 atom stereocenters. The number of hydrogen-bond donors (Lipinski definition) is 3. The zero-order valence-electron chi connectivity index (χ0n) is 37.2. The average Bonchev–Trinajstić information content (AvgIpc) is 3.91. The first-order valence-corrected chi connectivity index (χ1v) is 23.1. The van der Waals surface area contributed by atoms with E-state index in [4.69, 9.17) is 30.1 Å². The highest BCUT2D eigenvalue weighted by Gasteiger charge is 2.37. The fourth-order valence-corrected chi connectivity index (χ4v) is 9.36. The van der Waals surface area contributed by atoms with E-state index in [1.54, 1.807) is 0 Å². The maximum absolute atomic E-state index is 13.1. The molecule has 3 saturated heterocycles. The molecular weight excluding hydrogens is 813 g/mol. The van der Waals surface area contributed by atoms with Crippen LogP contribution in [0.4, 0.5) is 11.5 Å². The maximum Gasteiger partial charge on any atom is 0.249 e. The molecule has 338 valence electrons. The maximum atomic E-state index is 13.1. The van der Waals surface area contributed by atoms with E-state index in [1.165, 1.54) is 11.9 Å². The van der Waals surface area contributed by atoms with Gasteiger partial charge in [0.15, 0.2) is 17.2 Å². The molecule has 1 aromatic carbocycles. The zero-order chi connectivity index (χ0) is 44.4. The number of nitrogens with zero attached hydrogens (tertiary/aromatic N) is 9. The molecule has 1 aliphatic carbocycles. The standard InChI is InChI=1S/C47H60N12O5/c1-47(2,3)59-45-39(43(48)51-28-52-45)40(55-59)41-38(42(64-56-41)33-6-7-33)44-49-25-30(26-50-44)18-24-63-23-4-5-37(61)58-21-14-29(15-22-58)27-57-19-16-32(17-20-57)31-8-10-34(11-9-31)53-35-12-13-36(60)54-46(35)62/h8-11,25-26,28-29,32-33,35,53H,4-7,12-24,27H2,1-3H3,(H2,48,51,52)(H,54,60,62). The van der Waals surface area contributed by atoms with Gasteiger partial charge in [-0.25, -0.2) is 24.6 Å². The first kappa shape index (κ1) is 43.4. The highest BCUT2D eigenvalue weighted by molar-refractivity contribution is 6.02. The summed E-state index contributed by atoms with van der Waals surface area (Å²) < 4.78 is 13.7. The fraction of sp³-hybridized carbons (Fsp3) is 0.553. The number of likely N-dealkylation sites (tertiary alicyclic amines) is 2. The van der Waals surface area contributed by atoms with Gasteiger partial charge in [0.25, 0.3) is 0 Å². The number of piperidine rings is 3. The second-order valence-electron chi connectivity index (χ2n) is 19.0. The number of carbonyl (C=O) groups excluding carboxylic acids is 3. The van der Waals surface area contributed by atoms with E-state index in [0.29, 0.717) is 91.2 Å². The number of hydrogen-bond acceptors (Lipinski definition) is 14. The minimum Gasteiger partial charge on any atom is -0.383 e. The minimum atomic E-state index is -0.371. The molecule has 9 rings (SSSR count). The van der Waals surface area contributed by atoms with Crippen molar-refractivity contribution in [1.82, 2.24) is 50.0 Å². The topological polar surface area (TPSA) is 212 Å². The van der Waals surface area contributed by atoms with Gasteiger partial charge in [-0.1, -0.05) is 17.3 Å². The highest BCUT2D eigenvalue weighted by atomic mass is 16.5. The lowest BCUT2D eigenvalue weighted by atomic mass is 9.88. The predicted octanol–water partition coefficient (Wildman–Crippen LogP) is 5.83. The van der Waals surface area contributed by atoms with Crippen LogP contribution in [0.1, 0.15) is 114 Å². The van der Waals surface area contributed by atoms with Crippen LogP contribution < -0.4 is 16.4 Å². The van der Waals surface area contributed by atoms with E-state index in [0.717, 1.165) is 93.8 Å². The third-order valence-electron chi connectivity index (χ3n) is 13.2. The van der Waals surface area contributed by atoms with E-state index in [-0.39, 0.29) is 35.2 Å². The van der Waals surface area contributed by atoms with Gasteiger partial charge in [0.1, 0.15) is 29.6 Å². The summed E-state index contributed by atoms with van der Waals surface area (Å²) in [6.07, 6.45) is 14.2. The van der Waals surface area contributed by atoms with E-state index < -0.39 is 0 Å².